The van der Waals surface area contributed by atoms with Crippen LogP contribution in [0, 0.1) is 5.92 Å². The number of rotatable bonds is 5. The number of furan rings is 1. The third-order valence-electron chi connectivity index (χ3n) is 4.96. The molecule has 2 aliphatic rings. The Morgan fingerprint density at radius 2 is 2.25 bits per heavy atom. The molecule has 3 heterocycles. The smallest absolute Gasteiger partial charge is 0.0947 e. The van der Waals surface area contributed by atoms with E-state index < -0.39 is 0 Å². The van der Waals surface area contributed by atoms with Gasteiger partial charge in [0, 0.05) is 45.5 Å². The Morgan fingerprint density at radius 1 is 1.40 bits per heavy atom. The summed E-state index contributed by atoms with van der Waals surface area (Å²) in [4.78, 5) is 2.51. The molecule has 0 bridgehead atoms. The van der Waals surface area contributed by atoms with Crippen molar-refractivity contribution in [2.45, 2.75) is 37.8 Å². The van der Waals surface area contributed by atoms with Crippen LogP contribution in [0.15, 0.2) is 23.0 Å². The van der Waals surface area contributed by atoms with Crippen LogP contribution in [0.3, 0.4) is 0 Å². The van der Waals surface area contributed by atoms with Crippen LogP contribution in [0.1, 0.15) is 31.2 Å². The molecule has 2 aliphatic heterocycles. The highest BCUT2D eigenvalue weighted by molar-refractivity contribution is 5.06. The summed E-state index contributed by atoms with van der Waals surface area (Å²) in [6, 6.07) is 2.05. The molecule has 1 spiro atoms. The second kappa shape index (κ2) is 6.29. The van der Waals surface area contributed by atoms with Crippen molar-refractivity contribution in [3.05, 3.63) is 24.2 Å². The summed E-state index contributed by atoms with van der Waals surface area (Å²) in [7, 11) is 1.79. The Kier molecular flexibility index (Phi) is 4.44. The van der Waals surface area contributed by atoms with Gasteiger partial charge in [-0.3, -0.25) is 4.90 Å². The maximum absolute atomic E-state index is 6.17. The van der Waals surface area contributed by atoms with E-state index >= 15 is 0 Å². The highest BCUT2D eigenvalue weighted by atomic mass is 16.5. The molecule has 0 amide bonds. The lowest BCUT2D eigenvalue weighted by molar-refractivity contribution is -0.0721. The lowest BCUT2D eigenvalue weighted by Crippen LogP contribution is -2.47. The number of hydrogen-bond donors (Lipinski definition) is 0. The number of methoxy groups -OCH3 is 1. The summed E-state index contributed by atoms with van der Waals surface area (Å²) in [6.07, 6.45) is 8.24. The fraction of sp³-hybridized carbons (Fsp3) is 0.750. The number of ether oxygens (including phenoxy) is 2. The first kappa shape index (κ1) is 14.1. The molecule has 0 radical (unpaired) electrons. The third kappa shape index (κ3) is 2.92. The highest BCUT2D eigenvalue weighted by Crippen LogP contribution is 2.42. The number of piperidine rings is 1. The van der Waals surface area contributed by atoms with E-state index in [4.69, 9.17) is 13.9 Å². The van der Waals surface area contributed by atoms with Crippen molar-refractivity contribution in [3.63, 3.8) is 0 Å². The zero-order valence-corrected chi connectivity index (χ0v) is 12.3. The Labute approximate surface area is 121 Å². The van der Waals surface area contributed by atoms with Crippen LogP contribution in [-0.4, -0.2) is 43.9 Å². The molecule has 0 aromatic carbocycles. The van der Waals surface area contributed by atoms with Gasteiger partial charge in [-0.25, -0.2) is 0 Å². The van der Waals surface area contributed by atoms with Crippen LogP contribution in [-0.2, 0) is 16.0 Å². The molecule has 2 saturated heterocycles. The molecular weight excluding hydrogens is 254 g/mol. The van der Waals surface area contributed by atoms with Crippen molar-refractivity contribution in [3.8, 4) is 0 Å². The van der Waals surface area contributed by atoms with Crippen LogP contribution in [0.5, 0.6) is 0 Å². The molecule has 20 heavy (non-hydrogen) atoms. The molecule has 1 aromatic rings. The van der Waals surface area contributed by atoms with Crippen molar-refractivity contribution >= 4 is 0 Å². The van der Waals surface area contributed by atoms with Gasteiger partial charge in [0.25, 0.3) is 0 Å². The van der Waals surface area contributed by atoms with E-state index in [1.807, 2.05) is 6.26 Å². The minimum Gasteiger partial charge on any atom is -0.472 e. The van der Waals surface area contributed by atoms with Crippen molar-refractivity contribution in [2.24, 2.45) is 5.92 Å². The van der Waals surface area contributed by atoms with E-state index in [9.17, 15) is 0 Å². The van der Waals surface area contributed by atoms with Gasteiger partial charge in [-0.05, 0) is 37.7 Å². The van der Waals surface area contributed by atoms with Gasteiger partial charge in [0.1, 0.15) is 0 Å². The molecule has 0 N–H and O–H groups in total. The number of hydrogen-bond acceptors (Lipinski definition) is 4. The normalized spacial score (nSPS) is 26.4. The first-order valence-corrected chi connectivity index (χ1v) is 7.69. The van der Waals surface area contributed by atoms with Crippen molar-refractivity contribution in [2.75, 3.05) is 33.4 Å². The van der Waals surface area contributed by atoms with Gasteiger partial charge >= 0.3 is 0 Å². The maximum Gasteiger partial charge on any atom is 0.0947 e. The summed E-state index contributed by atoms with van der Waals surface area (Å²) < 4.78 is 16.6. The van der Waals surface area contributed by atoms with E-state index in [1.165, 1.54) is 12.0 Å². The number of nitrogens with zero attached hydrogens (tertiary/aromatic N) is 1. The van der Waals surface area contributed by atoms with Gasteiger partial charge in [-0.2, -0.15) is 0 Å². The van der Waals surface area contributed by atoms with Crippen LogP contribution in [0.25, 0.3) is 0 Å². The summed E-state index contributed by atoms with van der Waals surface area (Å²) in [6.45, 7) is 5.02. The predicted octanol–water partition coefficient (Wildman–Crippen LogP) is 2.69. The molecule has 2 fully saturated rings. The van der Waals surface area contributed by atoms with Gasteiger partial charge < -0.3 is 13.9 Å². The molecule has 0 unspecified atom stereocenters. The number of likely N-dealkylation sites (tertiary alicyclic amines) is 1. The van der Waals surface area contributed by atoms with Gasteiger partial charge in [0.15, 0.2) is 0 Å². The molecule has 112 valence electrons. The average molecular weight is 279 g/mol. The third-order valence-corrected chi connectivity index (χ3v) is 4.96. The molecular formula is C16H25NO3. The molecule has 4 heteroatoms. The van der Waals surface area contributed by atoms with E-state index in [2.05, 4.69) is 11.0 Å². The van der Waals surface area contributed by atoms with Crippen molar-refractivity contribution in [1.29, 1.82) is 0 Å². The van der Waals surface area contributed by atoms with Crippen LogP contribution >= 0.6 is 0 Å². The minimum atomic E-state index is 0.130. The van der Waals surface area contributed by atoms with E-state index in [-0.39, 0.29) is 5.60 Å². The summed E-state index contributed by atoms with van der Waals surface area (Å²) in [5, 5.41) is 0. The molecule has 0 aliphatic carbocycles. The van der Waals surface area contributed by atoms with Gasteiger partial charge in [-0.15, -0.1) is 0 Å². The highest BCUT2D eigenvalue weighted by Gasteiger charge is 2.45. The van der Waals surface area contributed by atoms with E-state index in [0.717, 1.165) is 52.1 Å². The largest absolute Gasteiger partial charge is 0.472 e. The Hall–Kier alpha value is -0.840. The lowest BCUT2D eigenvalue weighted by atomic mass is 9.78. The summed E-state index contributed by atoms with van der Waals surface area (Å²) >= 11 is 0. The zero-order chi connectivity index (χ0) is 13.8. The topological polar surface area (TPSA) is 34.8 Å². The maximum atomic E-state index is 6.17. The fourth-order valence-electron chi connectivity index (χ4n) is 3.74. The zero-order valence-electron chi connectivity index (χ0n) is 12.3. The predicted molar refractivity (Wildman–Crippen MR) is 76.5 cm³/mol. The Bertz CT molecular complexity index is 396. The first-order valence-electron chi connectivity index (χ1n) is 7.69. The van der Waals surface area contributed by atoms with Gasteiger partial charge in [-0.1, -0.05) is 0 Å². The minimum absolute atomic E-state index is 0.130. The summed E-state index contributed by atoms with van der Waals surface area (Å²) in [5.74, 6) is 0.679. The van der Waals surface area contributed by atoms with Crippen LogP contribution in [0.4, 0.5) is 0 Å². The van der Waals surface area contributed by atoms with Crippen LogP contribution < -0.4 is 0 Å². The monoisotopic (exact) mass is 279 g/mol. The van der Waals surface area contributed by atoms with Gasteiger partial charge in [0.2, 0.25) is 0 Å². The molecule has 3 rings (SSSR count). The van der Waals surface area contributed by atoms with Gasteiger partial charge in [0.05, 0.1) is 18.1 Å². The molecule has 4 nitrogen and oxygen atoms in total. The molecule has 0 saturated carbocycles. The van der Waals surface area contributed by atoms with Crippen LogP contribution in [0.2, 0.25) is 0 Å². The quantitative estimate of drug-likeness (QED) is 0.830. The SMILES string of the molecule is COCC[C@H]1CCOC12CCN(Cc1ccoc1)CC2. The second-order valence-corrected chi connectivity index (χ2v) is 6.09. The molecule has 1 atom stereocenters. The average Bonchev–Trinajstić information content (AvgIpc) is 3.10. The molecule has 1 aromatic heterocycles. The standard InChI is InChI=1S/C16H25NO3/c1-18-9-3-15-4-11-20-16(15)5-7-17(8-6-16)12-14-2-10-19-13-14/h2,10,13,15H,3-9,11-12H2,1H3/t15-/m0/s1. The van der Waals surface area contributed by atoms with E-state index in [0.29, 0.717) is 5.92 Å². The van der Waals surface area contributed by atoms with Crippen molar-refractivity contribution < 1.29 is 13.9 Å². The van der Waals surface area contributed by atoms with Crippen molar-refractivity contribution in [1.82, 2.24) is 4.90 Å². The lowest BCUT2D eigenvalue weighted by Gasteiger charge is -2.42. The first-order chi connectivity index (χ1) is 9.82. The fourth-order valence-corrected chi connectivity index (χ4v) is 3.74. The second-order valence-electron chi connectivity index (χ2n) is 6.09. The Morgan fingerprint density at radius 3 is 2.95 bits per heavy atom. The van der Waals surface area contributed by atoms with E-state index in [1.54, 1.807) is 13.4 Å². The summed E-state index contributed by atoms with van der Waals surface area (Å²) in [5.41, 5.74) is 1.40. The Balaban J connectivity index is 1.54.